The molecule has 3 aromatic heterocycles. The third-order valence-corrected chi connectivity index (χ3v) is 7.75. The highest BCUT2D eigenvalue weighted by Crippen LogP contribution is 2.33. The predicted molar refractivity (Wildman–Crippen MR) is 141 cm³/mol. The van der Waals surface area contributed by atoms with Gasteiger partial charge in [0.1, 0.15) is 0 Å². The summed E-state index contributed by atoms with van der Waals surface area (Å²) in [5, 5.41) is 18.1. The van der Waals surface area contributed by atoms with Crippen molar-refractivity contribution in [2.45, 2.75) is 51.6 Å². The summed E-state index contributed by atoms with van der Waals surface area (Å²) in [6.45, 7) is 2.88. The van der Waals surface area contributed by atoms with Crippen molar-refractivity contribution in [2.75, 3.05) is 13.1 Å². The van der Waals surface area contributed by atoms with Crippen LogP contribution in [0.2, 0.25) is 0 Å². The Labute approximate surface area is 221 Å². The molecule has 4 heterocycles. The fourth-order valence-electron chi connectivity index (χ4n) is 5.60. The van der Waals surface area contributed by atoms with Gasteiger partial charge in [-0.25, -0.2) is 0 Å². The van der Waals surface area contributed by atoms with E-state index < -0.39 is 5.97 Å². The molecule has 0 unspecified atom stereocenters. The van der Waals surface area contributed by atoms with E-state index in [1.165, 1.54) is 37.7 Å². The molecule has 6 rings (SSSR count). The summed E-state index contributed by atoms with van der Waals surface area (Å²) in [6, 6.07) is 12.3. The monoisotopic (exact) mass is 512 g/mol. The molecule has 38 heavy (non-hydrogen) atoms. The molecule has 0 radical (unpaired) electrons. The lowest BCUT2D eigenvalue weighted by atomic mass is 9.89. The molecule has 1 aromatic carbocycles. The maximum atomic E-state index is 11.0. The van der Waals surface area contributed by atoms with Crippen molar-refractivity contribution in [3.8, 4) is 22.7 Å². The largest absolute Gasteiger partial charge is 0.481 e. The predicted octanol–water partition coefficient (Wildman–Crippen LogP) is 4.68. The number of aliphatic carboxylic acids is 1. The summed E-state index contributed by atoms with van der Waals surface area (Å²) in [7, 11) is 0. The fourth-order valence-corrected chi connectivity index (χ4v) is 5.60. The summed E-state index contributed by atoms with van der Waals surface area (Å²) < 4.78 is 7.83. The standard InChI is InChI=1S/C29H32N6O3/c36-29(37)24-18-34(19-24)16-22-8-6-20(7-9-22)14-26-32-28(38-33-26)25-15-31-35(17-21-4-2-1-3-5-21)27(25)23-10-12-30-13-11-23/h6-13,15,21,24H,1-5,14,16-19H2,(H,36,37). The molecule has 9 heteroatoms. The van der Waals surface area contributed by atoms with E-state index in [1.54, 1.807) is 12.4 Å². The number of hydrogen-bond acceptors (Lipinski definition) is 7. The maximum absolute atomic E-state index is 11.0. The van der Waals surface area contributed by atoms with E-state index in [0.717, 1.165) is 35.5 Å². The molecule has 0 spiro atoms. The van der Waals surface area contributed by atoms with Crippen molar-refractivity contribution in [3.05, 3.63) is 71.9 Å². The van der Waals surface area contributed by atoms with Gasteiger partial charge in [0.05, 0.1) is 23.4 Å². The number of likely N-dealkylation sites (tertiary alicyclic amines) is 1. The van der Waals surface area contributed by atoms with E-state index in [1.807, 2.05) is 18.3 Å². The summed E-state index contributed by atoms with van der Waals surface area (Å²) in [5.41, 5.74) is 5.13. The van der Waals surface area contributed by atoms with Crippen LogP contribution in [0.25, 0.3) is 22.7 Å². The maximum Gasteiger partial charge on any atom is 0.309 e. The third kappa shape index (κ3) is 5.38. The molecule has 2 aliphatic rings. The van der Waals surface area contributed by atoms with Crippen LogP contribution in [-0.2, 0) is 24.3 Å². The molecule has 1 aliphatic carbocycles. The van der Waals surface area contributed by atoms with Gasteiger partial charge in [0.2, 0.25) is 0 Å². The second-order valence-electron chi connectivity index (χ2n) is 10.6. The van der Waals surface area contributed by atoms with Crippen molar-refractivity contribution in [3.63, 3.8) is 0 Å². The first kappa shape index (κ1) is 24.5. The van der Waals surface area contributed by atoms with Crippen LogP contribution < -0.4 is 0 Å². The van der Waals surface area contributed by atoms with Gasteiger partial charge in [0.25, 0.3) is 5.89 Å². The van der Waals surface area contributed by atoms with Crippen molar-refractivity contribution >= 4 is 5.97 Å². The Hall–Kier alpha value is -3.85. The lowest BCUT2D eigenvalue weighted by molar-refractivity contribution is -0.147. The molecule has 1 saturated heterocycles. The smallest absolute Gasteiger partial charge is 0.309 e. The van der Waals surface area contributed by atoms with Crippen LogP contribution in [0.4, 0.5) is 0 Å². The number of hydrogen-bond donors (Lipinski definition) is 1. The molecule has 1 N–H and O–H groups in total. The topological polar surface area (TPSA) is 110 Å². The second-order valence-corrected chi connectivity index (χ2v) is 10.6. The molecular weight excluding hydrogens is 480 g/mol. The zero-order valence-corrected chi connectivity index (χ0v) is 21.4. The molecule has 1 saturated carbocycles. The van der Waals surface area contributed by atoms with Crippen LogP contribution >= 0.6 is 0 Å². The summed E-state index contributed by atoms with van der Waals surface area (Å²) in [5.74, 6) is 0.795. The average Bonchev–Trinajstić information content (AvgIpc) is 3.55. The lowest BCUT2D eigenvalue weighted by Crippen LogP contribution is -2.49. The van der Waals surface area contributed by atoms with Gasteiger partial charge in [-0.05, 0) is 42.0 Å². The van der Waals surface area contributed by atoms with Gasteiger partial charge in [-0.2, -0.15) is 10.1 Å². The molecule has 0 amide bonds. The highest BCUT2D eigenvalue weighted by Gasteiger charge is 2.32. The number of carboxylic acids is 1. The van der Waals surface area contributed by atoms with E-state index in [4.69, 9.17) is 19.7 Å². The number of aromatic nitrogens is 5. The fraction of sp³-hybridized carbons (Fsp3) is 0.414. The average molecular weight is 513 g/mol. The van der Waals surface area contributed by atoms with Crippen molar-refractivity contribution in [2.24, 2.45) is 11.8 Å². The summed E-state index contributed by atoms with van der Waals surface area (Å²) >= 11 is 0. The summed E-state index contributed by atoms with van der Waals surface area (Å²) in [6.07, 6.45) is 12.4. The van der Waals surface area contributed by atoms with E-state index >= 15 is 0 Å². The quantitative estimate of drug-likeness (QED) is 0.344. The highest BCUT2D eigenvalue weighted by atomic mass is 16.5. The zero-order valence-electron chi connectivity index (χ0n) is 21.4. The first-order chi connectivity index (χ1) is 18.6. The zero-order chi connectivity index (χ0) is 25.9. The molecule has 0 bridgehead atoms. The van der Waals surface area contributed by atoms with Crippen LogP contribution in [-0.4, -0.2) is 54.0 Å². The van der Waals surface area contributed by atoms with Crippen LogP contribution in [0.5, 0.6) is 0 Å². The number of carboxylic acid groups (broad SMARTS) is 1. The molecule has 2 fully saturated rings. The molecule has 196 valence electrons. The van der Waals surface area contributed by atoms with E-state index in [-0.39, 0.29) is 5.92 Å². The van der Waals surface area contributed by atoms with Gasteiger partial charge in [0.15, 0.2) is 5.82 Å². The highest BCUT2D eigenvalue weighted by molar-refractivity contribution is 5.76. The normalized spacial score (nSPS) is 16.9. The second kappa shape index (κ2) is 10.9. The third-order valence-electron chi connectivity index (χ3n) is 7.75. The van der Waals surface area contributed by atoms with Gasteiger partial charge in [0, 0.05) is 50.6 Å². The lowest BCUT2D eigenvalue weighted by Gasteiger charge is -2.36. The van der Waals surface area contributed by atoms with Gasteiger partial charge >= 0.3 is 5.97 Å². The Kier molecular flexibility index (Phi) is 7.00. The number of carbonyl (C=O) groups is 1. The Bertz CT molecular complexity index is 1370. The van der Waals surface area contributed by atoms with Gasteiger partial charge in [-0.3, -0.25) is 19.4 Å². The van der Waals surface area contributed by atoms with Crippen LogP contribution in [0, 0.1) is 11.8 Å². The first-order valence-electron chi connectivity index (χ1n) is 13.4. The van der Waals surface area contributed by atoms with Gasteiger partial charge < -0.3 is 9.63 Å². The van der Waals surface area contributed by atoms with Crippen molar-refractivity contribution in [1.29, 1.82) is 0 Å². The van der Waals surface area contributed by atoms with E-state index in [9.17, 15) is 4.79 Å². The van der Waals surface area contributed by atoms with Gasteiger partial charge in [-0.1, -0.05) is 48.7 Å². The van der Waals surface area contributed by atoms with Gasteiger partial charge in [-0.15, -0.1) is 0 Å². The molecule has 4 aromatic rings. The minimum atomic E-state index is -0.708. The number of rotatable bonds is 9. The number of nitrogens with zero attached hydrogens (tertiary/aromatic N) is 6. The molecule has 0 atom stereocenters. The van der Waals surface area contributed by atoms with Crippen LogP contribution in [0.15, 0.2) is 59.5 Å². The SMILES string of the molecule is O=C(O)C1CN(Cc2ccc(Cc3noc(-c4cnn(CC5CCCCC5)c4-c4ccncc4)n3)cc2)C1. The Morgan fingerprint density at radius 2 is 1.74 bits per heavy atom. The van der Waals surface area contributed by atoms with Crippen LogP contribution in [0.3, 0.4) is 0 Å². The minimum Gasteiger partial charge on any atom is -0.481 e. The number of benzene rings is 1. The van der Waals surface area contributed by atoms with E-state index in [0.29, 0.717) is 37.1 Å². The molecule has 1 aliphatic heterocycles. The van der Waals surface area contributed by atoms with E-state index in [2.05, 4.69) is 44.0 Å². The number of pyridine rings is 1. The Balaban J connectivity index is 1.16. The van der Waals surface area contributed by atoms with Crippen molar-refractivity contribution in [1.82, 2.24) is 29.8 Å². The Morgan fingerprint density at radius 3 is 2.47 bits per heavy atom. The first-order valence-corrected chi connectivity index (χ1v) is 13.4. The Morgan fingerprint density at radius 1 is 1.00 bits per heavy atom. The van der Waals surface area contributed by atoms with Crippen LogP contribution in [0.1, 0.15) is 49.1 Å². The molecule has 9 nitrogen and oxygen atoms in total. The molecular formula is C29H32N6O3. The summed E-state index contributed by atoms with van der Waals surface area (Å²) in [4.78, 5) is 22.1. The minimum absolute atomic E-state index is 0.236. The van der Waals surface area contributed by atoms with Crippen molar-refractivity contribution < 1.29 is 14.4 Å².